The van der Waals surface area contributed by atoms with Gasteiger partial charge in [0.1, 0.15) is 5.69 Å². The van der Waals surface area contributed by atoms with E-state index in [1.807, 2.05) is 36.4 Å². The molecule has 1 aliphatic rings. The molecule has 2 heterocycles. The Balaban J connectivity index is 1.56. The maximum Gasteiger partial charge on any atom is 0.237 e. The summed E-state index contributed by atoms with van der Waals surface area (Å²) in [4.78, 5) is 26.8. The number of carbonyl (C=O) groups is 2. The monoisotopic (exact) mass is 384 g/mol. The van der Waals surface area contributed by atoms with Gasteiger partial charge in [0.05, 0.1) is 19.0 Å². The van der Waals surface area contributed by atoms with Crippen LogP contribution in [0.1, 0.15) is 32.9 Å². The number of aromatic nitrogens is 1. The molecule has 0 aliphatic carbocycles. The molecule has 0 radical (unpaired) electrons. The van der Waals surface area contributed by atoms with E-state index in [4.69, 9.17) is 4.52 Å². The van der Waals surface area contributed by atoms with Crippen molar-refractivity contribution in [3.05, 3.63) is 42.1 Å². The topological polar surface area (TPSA) is 87.5 Å². The van der Waals surface area contributed by atoms with E-state index in [0.717, 1.165) is 18.7 Å². The summed E-state index contributed by atoms with van der Waals surface area (Å²) in [6.07, 6.45) is 0.130. The maximum atomic E-state index is 12.4. The van der Waals surface area contributed by atoms with Gasteiger partial charge in [-0.1, -0.05) is 56.3 Å². The molecule has 150 valence electrons. The van der Waals surface area contributed by atoms with Gasteiger partial charge in [0.2, 0.25) is 11.8 Å². The lowest BCUT2D eigenvalue weighted by molar-refractivity contribution is -0.134. The summed E-state index contributed by atoms with van der Waals surface area (Å²) in [5.41, 5.74) is 1.64. The zero-order valence-corrected chi connectivity index (χ0v) is 16.7. The average molecular weight is 384 g/mol. The van der Waals surface area contributed by atoms with Gasteiger partial charge in [-0.05, 0) is 5.41 Å². The quantitative estimate of drug-likeness (QED) is 0.797. The van der Waals surface area contributed by atoms with E-state index in [-0.39, 0.29) is 30.2 Å². The van der Waals surface area contributed by atoms with E-state index in [0.29, 0.717) is 18.0 Å². The maximum absolute atomic E-state index is 12.4. The first-order valence-corrected chi connectivity index (χ1v) is 9.61. The Labute approximate surface area is 165 Å². The zero-order valence-electron chi connectivity index (χ0n) is 16.7. The number of carbonyl (C=O) groups excluding carboxylic acids is 2. The minimum Gasteiger partial charge on any atom is -0.356 e. The number of rotatable bonds is 6. The molecule has 1 aliphatic heterocycles. The van der Waals surface area contributed by atoms with Gasteiger partial charge >= 0.3 is 0 Å². The summed E-state index contributed by atoms with van der Waals surface area (Å²) in [5.74, 6) is 0.400. The normalized spacial score (nSPS) is 18.0. The fraction of sp³-hybridized carbons (Fsp3) is 0.476. The van der Waals surface area contributed by atoms with Crippen molar-refractivity contribution in [3.8, 4) is 11.3 Å². The molecule has 1 saturated heterocycles. The predicted molar refractivity (Wildman–Crippen MR) is 106 cm³/mol. The van der Waals surface area contributed by atoms with E-state index < -0.39 is 6.04 Å². The van der Waals surface area contributed by atoms with Gasteiger partial charge in [-0.3, -0.25) is 14.5 Å². The van der Waals surface area contributed by atoms with Crippen LogP contribution in [0.3, 0.4) is 0 Å². The van der Waals surface area contributed by atoms with Crippen LogP contribution in [0, 0.1) is 5.41 Å². The zero-order chi connectivity index (χ0) is 20.1. The van der Waals surface area contributed by atoms with Gasteiger partial charge in [-0.2, -0.15) is 0 Å². The van der Waals surface area contributed by atoms with Gasteiger partial charge in [0.25, 0.3) is 0 Å². The van der Waals surface area contributed by atoms with E-state index in [1.165, 1.54) is 0 Å². The van der Waals surface area contributed by atoms with Crippen LogP contribution in [0.2, 0.25) is 0 Å². The first-order valence-electron chi connectivity index (χ1n) is 9.61. The summed E-state index contributed by atoms with van der Waals surface area (Å²) in [7, 11) is 0. The van der Waals surface area contributed by atoms with Crippen LogP contribution in [0.5, 0.6) is 0 Å². The minimum absolute atomic E-state index is 0.0564. The lowest BCUT2D eigenvalue weighted by Gasteiger charge is -2.38. The number of benzene rings is 1. The third kappa shape index (κ3) is 5.42. The highest BCUT2D eigenvalue weighted by Gasteiger charge is 2.33. The molecule has 7 heteroatoms. The fourth-order valence-electron chi connectivity index (χ4n) is 3.35. The number of piperazine rings is 1. The first-order chi connectivity index (χ1) is 13.3. The SMILES string of the molecule is CC(C)(C)CN1CCNC(=O)C1CC(=O)NCc1cc(-c2ccccc2)on1. The third-order valence-corrected chi connectivity index (χ3v) is 4.58. The van der Waals surface area contributed by atoms with Crippen molar-refractivity contribution >= 4 is 11.8 Å². The second-order valence-corrected chi connectivity index (χ2v) is 8.37. The predicted octanol–water partition coefficient (Wildman–Crippen LogP) is 2.19. The molecular weight excluding hydrogens is 356 g/mol. The third-order valence-electron chi connectivity index (χ3n) is 4.58. The Kier molecular flexibility index (Phi) is 6.14. The van der Waals surface area contributed by atoms with Crippen LogP contribution in [-0.4, -0.2) is 47.5 Å². The number of hydrogen-bond acceptors (Lipinski definition) is 5. The van der Waals surface area contributed by atoms with Gasteiger partial charge in [0.15, 0.2) is 5.76 Å². The van der Waals surface area contributed by atoms with Crippen LogP contribution in [-0.2, 0) is 16.1 Å². The molecular formula is C21H28N4O3. The number of hydrogen-bond donors (Lipinski definition) is 2. The molecule has 1 fully saturated rings. The molecule has 2 aromatic rings. The van der Waals surface area contributed by atoms with E-state index in [2.05, 4.69) is 41.5 Å². The Morgan fingerprint density at radius 1 is 1.32 bits per heavy atom. The molecule has 1 aromatic carbocycles. The largest absolute Gasteiger partial charge is 0.356 e. The average Bonchev–Trinajstić information content (AvgIpc) is 3.11. The fourth-order valence-corrected chi connectivity index (χ4v) is 3.35. The molecule has 2 N–H and O–H groups in total. The number of amides is 2. The molecule has 3 rings (SSSR count). The van der Waals surface area contributed by atoms with Gasteiger partial charge in [0, 0.05) is 31.3 Å². The Hall–Kier alpha value is -2.67. The van der Waals surface area contributed by atoms with Crippen LogP contribution in [0.4, 0.5) is 0 Å². The lowest BCUT2D eigenvalue weighted by atomic mass is 9.94. The summed E-state index contributed by atoms with van der Waals surface area (Å²) in [6, 6.07) is 11.0. The first kappa shape index (κ1) is 20.1. The van der Waals surface area contributed by atoms with Gasteiger partial charge < -0.3 is 15.2 Å². The minimum atomic E-state index is -0.440. The van der Waals surface area contributed by atoms with E-state index >= 15 is 0 Å². The molecule has 28 heavy (non-hydrogen) atoms. The lowest BCUT2D eigenvalue weighted by Crippen LogP contribution is -2.58. The molecule has 0 bridgehead atoms. The highest BCUT2D eigenvalue weighted by Crippen LogP contribution is 2.21. The number of nitrogens with zero attached hydrogens (tertiary/aromatic N) is 2. The molecule has 0 spiro atoms. The van der Waals surface area contributed by atoms with Crippen molar-refractivity contribution in [1.29, 1.82) is 0 Å². The van der Waals surface area contributed by atoms with E-state index in [9.17, 15) is 9.59 Å². The van der Waals surface area contributed by atoms with Crippen molar-refractivity contribution in [2.24, 2.45) is 5.41 Å². The summed E-state index contributed by atoms with van der Waals surface area (Å²) in [5, 5.41) is 9.72. The number of nitrogens with one attached hydrogen (secondary N) is 2. The van der Waals surface area contributed by atoms with Gasteiger partial charge in [-0.25, -0.2) is 0 Å². The van der Waals surface area contributed by atoms with E-state index in [1.54, 1.807) is 0 Å². The Morgan fingerprint density at radius 3 is 2.79 bits per heavy atom. The van der Waals surface area contributed by atoms with Crippen molar-refractivity contribution in [2.75, 3.05) is 19.6 Å². The van der Waals surface area contributed by atoms with Gasteiger partial charge in [-0.15, -0.1) is 0 Å². The molecule has 7 nitrogen and oxygen atoms in total. The second kappa shape index (κ2) is 8.56. The summed E-state index contributed by atoms with van der Waals surface area (Å²) >= 11 is 0. The molecule has 1 atom stereocenters. The molecule has 1 unspecified atom stereocenters. The highest BCUT2D eigenvalue weighted by atomic mass is 16.5. The summed E-state index contributed by atoms with van der Waals surface area (Å²) < 4.78 is 5.35. The van der Waals surface area contributed by atoms with Crippen molar-refractivity contribution < 1.29 is 14.1 Å². The van der Waals surface area contributed by atoms with Crippen LogP contribution >= 0.6 is 0 Å². The molecule has 0 saturated carbocycles. The molecule has 1 aromatic heterocycles. The van der Waals surface area contributed by atoms with Crippen molar-refractivity contribution in [1.82, 2.24) is 20.7 Å². The van der Waals surface area contributed by atoms with Crippen LogP contribution < -0.4 is 10.6 Å². The second-order valence-electron chi connectivity index (χ2n) is 8.37. The highest BCUT2D eigenvalue weighted by molar-refractivity contribution is 5.88. The smallest absolute Gasteiger partial charge is 0.237 e. The van der Waals surface area contributed by atoms with Crippen molar-refractivity contribution in [3.63, 3.8) is 0 Å². The Morgan fingerprint density at radius 2 is 2.07 bits per heavy atom. The van der Waals surface area contributed by atoms with Crippen molar-refractivity contribution in [2.45, 2.75) is 39.8 Å². The standard InChI is InChI=1S/C21H28N4O3/c1-21(2,3)14-25-10-9-22-20(27)17(25)12-19(26)23-13-16-11-18(28-24-16)15-7-5-4-6-8-15/h4-8,11,17H,9-10,12-14H2,1-3H3,(H,22,27)(H,23,26). The summed E-state index contributed by atoms with van der Waals surface area (Å²) in [6.45, 7) is 8.80. The van der Waals surface area contributed by atoms with Crippen LogP contribution in [0.25, 0.3) is 11.3 Å². The van der Waals surface area contributed by atoms with Crippen LogP contribution in [0.15, 0.2) is 40.9 Å². The Bertz CT molecular complexity index is 811. The molecule has 2 amide bonds.